The fourth-order valence-electron chi connectivity index (χ4n) is 2.83. The molecule has 0 spiro atoms. The van der Waals surface area contributed by atoms with Gasteiger partial charge in [0.1, 0.15) is 5.69 Å². The predicted molar refractivity (Wildman–Crippen MR) is 99.9 cm³/mol. The second-order valence-corrected chi connectivity index (χ2v) is 7.56. The molecule has 26 heavy (non-hydrogen) atoms. The number of hydrogen-bond acceptors (Lipinski definition) is 4. The van der Waals surface area contributed by atoms with Gasteiger partial charge in [-0.05, 0) is 41.3 Å². The predicted octanol–water partition coefficient (Wildman–Crippen LogP) is 3.97. The Morgan fingerprint density at radius 3 is 2.65 bits per heavy atom. The summed E-state index contributed by atoms with van der Waals surface area (Å²) >= 11 is 0. The van der Waals surface area contributed by atoms with Gasteiger partial charge < -0.3 is 4.42 Å². The monoisotopic (exact) mass is 364 g/mol. The summed E-state index contributed by atoms with van der Waals surface area (Å²) < 4.78 is 33.6. The number of nitrogens with zero attached hydrogens (tertiary/aromatic N) is 1. The smallest absolute Gasteiger partial charge is 0.241 e. The molecule has 0 saturated heterocycles. The van der Waals surface area contributed by atoms with Gasteiger partial charge in [0.2, 0.25) is 10.0 Å². The molecule has 130 valence electrons. The van der Waals surface area contributed by atoms with E-state index in [1.807, 2.05) is 42.5 Å². The zero-order chi connectivity index (χ0) is 18.0. The van der Waals surface area contributed by atoms with Crippen LogP contribution < -0.4 is 4.72 Å². The number of furan rings is 1. The number of aromatic nitrogens is 1. The molecule has 0 fully saturated rings. The van der Waals surface area contributed by atoms with Crippen molar-refractivity contribution in [1.82, 2.24) is 9.71 Å². The molecule has 0 aliphatic rings. The first kappa shape index (κ1) is 16.5. The summed E-state index contributed by atoms with van der Waals surface area (Å²) in [6.45, 7) is 0.168. The summed E-state index contributed by atoms with van der Waals surface area (Å²) in [5.41, 5.74) is 1.46. The number of rotatable bonds is 5. The molecule has 2 aromatic heterocycles. The van der Waals surface area contributed by atoms with Crippen LogP contribution in [0, 0.1) is 0 Å². The number of nitrogens with one attached hydrogen (secondary N) is 1. The Hall–Kier alpha value is -2.96. The lowest BCUT2D eigenvalue weighted by atomic mass is 10.1. The lowest BCUT2D eigenvalue weighted by molar-refractivity contribution is 0.579. The molecule has 4 aromatic rings. The fourth-order valence-corrected chi connectivity index (χ4v) is 4.07. The van der Waals surface area contributed by atoms with Crippen molar-refractivity contribution >= 4 is 20.8 Å². The molecule has 6 heteroatoms. The van der Waals surface area contributed by atoms with Gasteiger partial charge in [-0.15, -0.1) is 0 Å². The minimum Gasteiger partial charge on any atom is -0.463 e. The Morgan fingerprint density at radius 1 is 0.962 bits per heavy atom. The summed E-state index contributed by atoms with van der Waals surface area (Å²) in [7, 11) is -3.65. The van der Waals surface area contributed by atoms with E-state index in [0.29, 0.717) is 16.8 Å². The van der Waals surface area contributed by atoms with Gasteiger partial charge in [-0.2, -0.15) is 0 Å². The normalized spacial score (nSPS) is 11.7. The second-order valence-electron chi connectivity index (χ2n) is 5.83. The van der Waals surface area contributed by atoms with E-state index in [4.69, 9.17) is 4.42 Å². The van der Waals surface area contributed by atoms with Crippen molar-refractivity contribution in [3.8, 4) is 11.5 Å². The van der Waals surface area contributed by atoms with Crippen LogP contribution >= 0.6 is 0 Å². The zero-order valence-electron chi connectivity index (χ0n) is 13.8. The van der Waals surface area contributed by atoms with E-state index in [0.717, 1.165) is 10.9 Å². The van der Waals surface area contributed by atoms with E-state index in [1.54, 1.807) is 36.7 Å². The molecule has 0 aliphatic carbocycles. The van der Waals surface area contributed by atoms with Crippen LogP contribution in [0.3, 0.4) is 0 Å². The van der Waals surface area contributed by atoms with E-state index >= 15 is 0 Å². The fraction of sp³-hybridized carbons (Fsp3) is 0.0500. The Bertz CT molecular complexity index is 1150. The molecule has 0 atom stereocenters. The third kappa shape index (κ3) is 3.24. The maximum absolute atomic E-state index is 12.8. The Kier molecular flexibility index (Phi) is 4.28. The average molecular weight is 364 g/mol. The quantitative estimate of drug-likeness (QED) is 0.581. The molecule has 4 rings (SSSR count). The van der Waals surface area contributed by atoms with Crippen LogP contribution in [0.25, 0.3) is 22.2 Å². The molecule has 2 heterocycles. The van der Waals surface area contributed by atoms with E-state index in [1.165, 1.54) is 0 Å². The molecule has 0 bridgehead atoms. The summed E-state index contributed by atoms with van der Waals surface area (Å²) in [6.07, 6.45) is 3.21. The van der Waals surface area contributed by atoms with Crippen LogP contribution in [0.2, 0.25) is 0 Å². The minimum absolute atomic E-state index is 0.168. The zero-order valence-corrected chi connectivity index (χ0v) is 14.6. The standard InChI is InChI=1S/C20H16N2O3S/c23-26(24,20-9-3-6-16-5-1-2-7-17(16)20)22-14-15-10-11-21-18(13-15)19-8-4-12-25-19/h1-13,22H,14H2. The highest BCUT2D eigenvalue weighted by Gasteiger charge is 2.17. The van der Waals surface area contributed by atoms with Gasteiger partial charge in [-0.1, -0.05) is 36.4 Å². The van der Waals surface area contributed by atoms with E-state index in [2.05, 4.69) is 9.71 Å². The van der Waals surface area contributed by atoms with Gasteiger partial charge in [0.25, 0.3) is 0 Å². The first-order valence-corrected chi connectivity index (χ1v) is 9.58. The van der Waals surface area contributed by atoms with Crippen molar-refractivity contribution < 1.29 is 12.8 Å². The highest BCUT2D eigenvalue weighted by molar-refractivity contribution is 7.89. The summed E-state index contributed by atoms with van der Waals surface area (Å²) in [5, 5.41) is 1.59. The van der Waals surface area contributed by atoms with Crippen molar-refractivity contribution in [3.63, 3.8) is 0 Å². The number of sulfonamides is 1. The lowest BCUT2D eigenvalue weighted by Gasteiger charge is -2.10. The third-order valence-corrected chi connectivity index (χ3v) is 5.56. The molecule has 5 nitrogen and oxygen atoms in total. The minimum atomic E-state index is -3.65. The molecule has 0 aliphatic heterocycles. The summed E-state index contributed by atoms with van der Waals surface area (Å²) in [6, 6.07) is 19.9. The second kappa shape index (κ2) is 6.74. The van der Waals surface area contributed by atoms with E-state index in [-0.39, 0.29) is 11.4 Å². The van der Waals surface area contributed by atoms with Crippen LogP contribution in [-0.2, 0) is 16.6 Å². The largest absolute Gasteiger partial charge is 0.463 e. The molecular formula is C20H16N2O3S. The van der Waals surface area contributed by atoms with Gasteiger partial charge >= 0.3 is 0 Å². The van der Waals surface area contributed by atoms with Gasteiger partial charge in [-0.25, -0.2) is 13.1 Å². The van der Waals surface area contributed by atoms with Gasteiger partial charge in [0, 0.05) is 18.1 Å². The molecule has 0 saturated carbocycles. The molecular weight excluding hydrogens is 348 g/mol. The number of pyridine rings is 1. The van der Waals surface area contributed by atoms with Crippen LogP contribution in [0.5, 0.6) is 0 Å². The molecule has 1 N–H and O–H groups in total. The molecule has 2 aromatic carbocycles. The molecule has 0 amide bonds. The van der Waals surface area contributed by atoms with E-state index < -0.39 is 10.0 Å². The molecule has 0 unspecified atom stereocenters. The SMILES string of the molecule is O=S(=O)(NCc1ccnc(-c2ccco2)c1)c1cccc2ccccc12. The Balaban J connectivity index is 1.60. The van der Waals surface area contributed by atoms with Crippen molar-refractivity contribution in [2.24, 2.45) is 0 Å². The number of benzene rings is 2. The average Bonchev–Trinajstić information content (AvgIpc) is 3.21. The molecule has 0 radical (unpaired) electrons. The maximum atomic E-state index is 12.8. The van der Waals surface area contributed by atoms with Crippen molar-refractivity contribution in [1.29, 1.82) is 0 Å². The highest BCUT2D eigenvalue weighted by atomic mass is 32.2. The topological polar surface area (TPSA) is 72.2 Å². The van der Waals surface area contributed by atoms with Gasteiger partial charge in [-0.3, -0.25) is 4.98 Å². The number of hydrogen-bond donors (Lipinski definition) is 1. The number of fused-ring (bicyclic) bond motifs is 1. The van der Waals surface area contributed by atoms with Crippen LogP contribution in [0.1, 0.15) is 5.56 Å². The van der Waals surface area contributed by atoms with Crippen molar-refractivity contribution in [2.45, 2.75) is 11.4 Å². The first-order chi connectivity index (χ1) is 12.6. The summed E-state index contributed by atoms with van der Waals surface area (Å²) in [4.78, 5) is 4.53. The van der Waals surface area contributed by atoms with Crippen LogP contribution in [0.4, 0.5) is 0 Å². The summed E-state index contributed by atoms with van der Waals surface area (Å²) in [5.74, 6) is 0.642. The highest BCUT2D eigenvalue weighted by Crippen LogP contribution is 2.23. The van der Waals surface area contributed by atoms with E-state index in [9.17, 15) is 8.42 Å². The third-order valence-electron chi connectivity index (χ3n) is 4.10. The van der Waals surface area contributed by atoms with Crippen molar-refractivity contribution in [2.75, 3.05) is 0 Å². The van der Waals surface area contributed by atoms with Crippen LogP contribution in [-0.4, -0.2) is 13.4 Å². The van der Waals surface area contributed by atoms with Gasteiger partial charge in [0.05, 0.1) is 11.2 Å². The maximum Gasteiger partial charge on any atom is 0.241 e. The van der Waals surface area contributed by atoms with Gasteiger partial charge in [0.15, 0.2) is 5.76 Å². The lowest BCUT2D eigenvalue weighted by Crippen LogP contribution is -2.23. The van der Waals surface area contributed by atoms with Crippen LogP contribution in [0.15, 0.2) is 88.5 Å². The Labute approximate surface area is 151 Å². The first-order valence-electron chi connectivity index (χ1n) is 8.10. The van der Waals surface area contributed by atoms with Crippen molar-refractivity contribution in [3.05, 3.63) is 84.8 Å². The Morgan fingerprint density at radius 2 is 1.81 bits per heavy atom.